The Bertz CT molecular complexity index is 1010. The van der Waals surface area contributed by atoms with Crippen molar-refractivity contribution in [2.24, 2.45) is 0 Å². The Balaban J connectivity index is 1.74. The van der Waals surface area contributed by atoms with E-state index in [2.05, 4.69) is 15.3 Å². The minimum atomic E-state index is -0.246. The SMILES string of the molecule is O=C(Nc1nc2ccccc2s1)c1cc(Cl)nc2ccccc12. The molecule has 0 aliphatic carbocycles. The van der Waals surface area contributed by atoms with Crippen molar-refractivity contribution in [3.63, 3.8) is 0 Å². The van der Waals surface area contributed by atoms with Gasteiger partial charge in [-0.25, -0.2) is 9.97 Å². The smallest absolute Gasteiger partial charge is 0.258 e. The summed E-state index contributed by atoms with van der Waals surface area (Å²) < 4.78 is 1.03. The maximum atomic E-state index is 12.6. The van der Waals surface area contributed by atoms with Gasteiger partial charge in [-0.1, -0.05) is 53.3 Å². The molecule has 2 aromatic heterocycles. The molecule has 0 spiro atoms. The number of carbonyl (C=O) groups is 1. The second kappa shape index (κ2) is 5.61. The molecular formula is C17H10ClN3OS. The lowest BCUT2D eigenvalue weighted by molar-refractivity contribution is 0.102. The van der Waals surface area contributed by atoms with E-state index >= 15 is 0 Å². The molecular weight excluding hydrogens is 330 g/mol. The van der Waals surface area contributed by atoms with Crippen LogP contribution in [0.15, 0.2) is 54.6 Å². The summed E-state index contributed by atoms with van der Waals surface area (Å²) in [5.74, 6) is -0.246. The third kappa shape index (κ3) is 2.65. The molecule has 0 saturated carbocycles. The fourth-order valence-electron chi connectivity index (χ4n) is 2.42. The number of rotatable bonds is 2. The molecule has 4 rings (SSSR count). The first-order valence-electron chi connectivity index (χ1n) is 6.93. The van der Waals surface area contributed by atoms with E-state index in [0.29, 0.717) is 16.2 Å². The number of hydrogen-bond acceptors (Lipinski definition) is 4. The molecule has 6 heteroatoms. The Hall–Kier alpha value is -2.50. The van der Waals surface area contributed by atoms with Crippen molar-refractivity contribution in [1.82, 2.24) is 9.97 Å². The monoisotopic (exact) mass is 339 g/mol. The van der Waals surface area contributed by atoms with Gasteiger partial charge in [0.2, 0.25) is 0 Å². The largest absolute Gasteiger partial charge is 0.298 e. The summed E-state index contributed by atoms with van der Waals surface area (Å²) in [4.78, 5) is 21.3. The highest BCUT2D eigenvalue weighted by molar-refractivity contribution is 7.22. The van der Waals surface area contributed by atoms with Crippen LogP contribution in [-0.2, 0) is 0 Å². The third-order valence-corrected chi connectivity index (χ3v) is 4.59. The average Bonchev–Trinajstić information content (AvgIpc) is 2.96. The molecule has 4 aromatic rings. The molecule has 4 nitrogen and oxygen atoms in total. The van der Waals surface area contributed by atoms with Gasteiger partial charge in [-0.05, 0) is 24.3 Å². The molecule has 0 aliphatic rings. The molecule has 1 N–H and O–H groups in total. The van der Waals surface area contributed by atoms with Crippen LogP contribution in [0, 0.1) is 0 Å². The van der Waals surface area contributed by atoms with Gasteiger partial charge in [-0.3, -0.25) is 10.1 Å². The number of nitrogens with one attached hydrogen (secondary N) is 1. The Morgan fingerprint density at radius 1 is 1.00 bits per heavy atom. The molecule has 0 fully saturated rings. The number of para-hydroxylation sites is 2. The second-order valence-corrected chi connectivity index (χ2v) is 6.37. The van der Waals surface area contributed by atoms with Gasteiger partial charge in [0.25, 0.3) is 5.91 Å². The highest BCUT2D eigenvalue weighted by Crippen LogP contribution is 2.27. The maximum absolute atomic E-state index is 12.6. The Morgan fingerprint density at radius 3 is 2.57 bits per heavy atom. The summed E-state index contributed by atoms with van der Waals surface area (Å²) in [6.07, 6.45) is 0. The summed E-state index contributed by atoms with van der Waals surface area (Å²) in [5, 5.41) is 4.46. The summed E-state index contributed by atoms with van der Waals surface area (Å²) in [7, 11) is 0. The van der Waals surface area contributed by atoms with Crippen LogP contribution in [0.4, 0.5) is 5.13 Å². The highest BCUT2D eigenvalue weighted by Gasteiger charge is 2.14. The van der Waals surface area contributed by atoms with Gasteiger partial charge in [-0.2, -0.15) is 0 Å². The number of anilines is 1. The summed E-state index contributed by atoms with van der Waals surface area (Å²) >= 11 is 7.47. The van der Waals surface area contributed by atoms with Crippen LogP contribution in [0.1, 0.15) is 10.4 Å². The molecule has 0 saturated heterocycles. The van der Waals surface area contributed by atoms with Crippen molar-refractivity contribution in [3.05, 3.63) is 65.3 Å². The number of carbonyl (C=O) groups excluding carboxylic acids is 1. The maximum Gasteiger partial charge on any atom is 0.258 e. The van der Waals surface area contributed by atoms with E-state index in [1.54, 1.807) is 6.07 Å². The number of fused-ring (bicyclic) bond motifs is 2. The van der Waals surface area contributed by atoms with Crippen LogP contribution >= 0.6 is 22.9 Å². The van der Waals surface area contributed by atoms with E-state index in [-0.39, 0.29) is 11.1 Å². The lowest BCUT2D eigenvalue weighted by Gasteiger charge is -2.06. The number of benzene rings is 2. The molecule has 0 radical (unpaired) electrons. The van der Waals surface area contributed by atoms with E-state index in [9.17, 15) is 4.79 Å². The molecule has 2 heterocycles. The first-order valence-corrected chi connectivity index (χ1v) is 8.12. The molecule has 0 atom stereocenters. The van der Waals surface area contributed by atoms with Gasteiger partial charge in [0.15, 0.2) is 5.13 Å². The summed E-state index contributed by atoms with van der Waals surface area (Å²) in [6.45, 7) is 0. The van der Waals surface area contributed by atoms with Gasteiger partial charge in [0.1, 0.15) is 5.15 Å². The van der Waals surface area contributed by atoms with E-state index in [0.717, 1.165) is 15.6 Å². The van der Waals surface area contributed by atoms with Gasteiger partial charge in [-0.15, -0.1) is 0 Å². The molecule has 23 heavy (non-hydrogen) atoms. The Kier molecular flexibility index (Phi) is 3.44. The van der Waals surface area contributed by atoms with E-state index < -0.39 is 0 Å². The minimum absolute atomic E-state index is 0.246. The van der Waals surface area contributed by atoms with Crippen molar-refractivity contribution in [2.45, 2.75) is 0 Å². The number of pyridine rings is 1. The fraction of sp³-hybridized carbons (Fsp3) is 0. The van der Waals surface area contributed by atoms with Crippen LogP contribution in [0.25, 0.3) is 21.1 Å². The second-order valence-electron chi connectivity index (χ2n) is 4.95. The van der Waals surface area contributed by atoms with Crippen LogP contribution in [0.2, 0.25) is 5.15 Å². The van der Waals surface area contributed by atoms with E-state index in [1.807, 2.05) is 48.5 Å². The zero-order valence-corrected chi connectivity index (χ0v) is 13.4. The third-order valence-electron chi connectivity index (χ3n) is 3.44. The summed E-state index contributed by atoms with van der Waals surface area (Å²) in [6, 6.07) is 16.7. The lowest BCUT2D eigenvalue weighted by Crippen LogP contribution is -2.12. The van der Waals surface area contributed by atoms with Crippen molar-refractivity contribution in [1.29, 1.82) is 0 Å². The van der Waals surface area contributed by atoms with Crippen molar-refractivity contribution in [2.75, 3.05) is 5.32 Å². The lowest BCUT2D eigenvalue weighted by atomic mass is 10.1. The first kappa shape index (κ1) is 14.1. The number of aromatic nitrogens is 2. The average molecular weight is 340 g/mol. The fourth-order valence-corrected chi connectivity index (χ4v) is 3.48. The summed E-state index contributed by atoms with van der Waals surface area (Å²) in [5.41, 5.74) is 2.04. The van der Waals surface area contributed by atoms with E-state index in [1.165, 1.54) is 11.3 Å². The quantitative estimate of drug-likeness (QED) is 0.536. The van der Waals surface area contributed by atoms with Crippen LogP contribution in [-0.4, -0.2) is 15.9 Å². The number of halogens is 1. The van der Waals surface area contributed by atoms with Crippen LogP contribution < -0.4 is 5.32 Å². The van der Waals surface area contributed by atoms with Crippen molar-refractivity contribution < 1.29 is 4.79 Å². The molecule has 112 valence electrons. The zero-order chi connectivity index (χ0) is 15.8. The molecule has 2 aromatic carbocycles. The molecule has 0 unspecified atom stereocenters. The van der Waals surface area contributed by atoms with Gasteiger partial charge in [0.05, 0.1) is 21.3 Å². The standard InChI is InChI=1S/C17H10ClN3OS/c18-15-9-11(10-5-1-2-6-12(10)19-15)16(22)21-17-20-13-7-3-4-8-14(13)23-17/h1-9H,(H,20,21,22). The number of nitrogens with zero attached hydrogens (tertiary/aromatic N) is 2. The topological polar surface area (TPSA) is 54.9 Å². The van der Waals surface area contributed by atoms with Crippen LogP contribution in [0.5, 0.6) is 0 Å². The minimum Gasteiger partial charge on any atom is -0.298 e. The van der Waals surface area contributed by atoms with Gasteiger partial charge >= 0.3 is 0 Å². The molecule has 0 aliphatic heterocycles. The van der Waals surface area contributed by atoms with Crippen molar-refractivity contribution in [3.8, 4) is 0 Å². The molecule has 0 bridgehead atoms. The normalized spacial score (nSPS) is 11.0. The first-order chi connectivity index (χ1) is 11.2. The Labute approximate surface area is 140 Å². The Morgan fingerprint density at radius 2 is 1.74 bits per heavy atom. The van der Waals surface area contributed by atoms with Crippen molar-refractivity contribution >= 4 is 55.1 Å². The van der Waals surface area contributed by atoms with Gasteiger partial charge < -0.3 is 0 Å². The number of hydrogen-bond donors (Lipinski definition) is 1. The predicted molar refractivity (Wildman–Crippen MR) is 94.3 cm³/mol. The zero-order valence-electron chi connectivity index (χ0n) is 11.8. The number of amides is 1. The predicted octanol–water partition coefficient (Wildman–Crippen LogP) is 4.75. The number of thiazole rings is 1. The van der Waals surface area contributed by atoms with Gasteiger partial charge in [0, 0.05) is 5.39 Å². The highest BCUT2D eigenvalue weighted by atomic mass is 35.5. The van der Waals surface area contributed by atoms with Crippen LogP contribution in [0.3, 0.4) is 0 Å². The van der Waals surface area contributed by atoms with E-state index in [4.69, 9.17) is 11.6 Å². The molecule has 1 amide bonds.